The summed E-state index contributed by atoms with van der Waals surface area (Å²) in [7, 11) is 0. The predicted octanol–water partition coefficient (Wildman–Crippen LogP) is 3.17. The fraction of sp³-hybridized carbons (Fsp3) is 0.459. The number of aliphatic hydroxyl groups excluding tert-OH is 1. The number of rotatable bonds is 12. The smallest absolute Gasteiger partial charge is 0.435 e. The van der Waals surface area contributed by atoms with Crippen molar-refractivity contribution in [2.75, 3.05) is 39.3 Å². The van der Waals surface area contributed by atoms with E-state index in [2.05, 4.69) is 4.99 Å². The first kappa shape index (κ1) is 41.5. The van der Waals surface area contributed by atoms with E-state index < -0.39 is 68.3 Å². The second-order valence-corrected chi connectivity index (χ2v) is 15.9. The van der Waals surface area contributed by atoms with Gasteiger partial charge in [-0.3, -0.25) is 34.7 Å². The fourth-order valence-corrected chi connectivity index (χ4v) is 9.61. The van der Waals surface area contributed by atoms with Crippen LogP contribution in [0.1, 0.15) is 37.8 Å². The molecular formula is C37H41N7O13S. The number of carboxylic acid groups (broad SMARTS) is 1. The van der Waals surface area contributed by atoms with Crippen molar-refractivity contribution in [1.29, 1.82) is 0 Å². The Hall–Kier alpha value is -6.09. The summed E-state index contributed by atoms with van der Waals surface area (Å²) < 4.78 is 9.06. The summed E-state index contributed by atoms with van der Waals surface area (Å²) >= 11 is 1.17. The number of thioether (sulfide) groups is 1. The van der Waals surface area contributed by atoms with Gasteiger partial charge in [0.25, 0.3) is 17.3 Å². The Morgan fingerprint density at radius 3 is 2.10 bits per heavy atom. The number of ether oxygens (including phenoxy) is 2. The van der Waals surface area contributed by atoms with E-state index in [1.807, 2.05) is 0 Å². The molecule has 0 saturated carbocycles. The zero-order chi connectivity index (χ0) is 41.9. The van der Waals surface area contributed by atoms with Crippen LogP contribution in [-0.2, 0) is 37.1 Å². The summed E-state index contributed by atoms with van der Waals surface area (Å²) in [5, 5.41) is 43.0. The second-order valence-electron chi connectivity index (χ2n) is 14.3. The molecule has 4 amide bonds. The van der Waals surface area contributed by atoms with Gasteiger partial charge >= 0.3 is 18.2 Å². The van der Waals surface area contributed by atoms with Crippen LogP contribution in [0.25, 0.3) is 0 Å². The summed E-state index contributed by atoms with van der Waals surface area (Å²) in [5.41, 5.74) is 0.430. The molecule has 21 heteroatoms. The summed E-state index contributed by atoms with van der Waals surface area (Å²) in [6.45, 7) is 4.42. The highest BCUT2D eigenvalue weighted by molar-refractivity contribution is 8.02. The number of hydrogen-bond donors (Lipinski definition) is 2. The number of aliphatic carboxylic acids is 1. The van der Waals surface area contributed by atoms with E-state index in [-0.39, 0.29) is 61.6 Å². The molecule has 4 aliphatic rings. The van der Waals surface area contributed by atoms with Crippen molar-refractivity contribution < 1.29 is 53.5 Å². The number of non-ortho nitro benzene ring substituents is 2. The molecule has 0 radical (unpaired) electrons. The third-order valence-corrected chi connectivity index (χ3v) is 12.5. The zero-order valence-electron chi connectivity index (χ0n) is 31.5. The van der Waals surface area contributed by atoms with Gasteiger partial charge in [0.05, 0.1) is 33.9 Å². The molecule has 308 valence electrons. The monoisotopic (exact) mass is 823 g/mol. The molecule has 20 nitrogen and oxygen atoms in total. The number of carbonyl (C=O) groups is 5. The van der Waals surface area contributed by atoms with Gasteiger partial charge < -0.3 is 34.4 Å². The summed E-state index contributed by atoms with van der Waals surface area (Å²) in [6.07, 6.45) is -0.538. The van der Waals surface area contributed by atoms with E-state index >= 15 is 0 Å². The quantitative estimate of drug-likeness (QED) is 0.102. The number of β-lactam (4-membered cyclic amide) rings is 1. The number of nitro groups is 2. The SMILES string of the molecule is CC(O)C1(SC2CCN(C(=O)OCc3ccc([N+](=O)[O-])cc3)C2)C(=O)N2C(C(=O)O)=C(C(=O)N3CCCN(C=NC(=O)OCc4ccc([N+](=O)[O-])cc4)CC3)[C@@H](C)[C@H]21. The third-order valence-electron chi connectivity index (χ3n) is 10.7. The minimum atomic E-state index is -1.50. The van der Waals surface area contributed by atoms with Gasteiger partial charge in [0, 0.05) is 74.7 Å². The van der Waals surface area contributed by atoms with Gasteiger partial charge in [-0.05, 0) is 55.2 Å². The number of aliphatic imine (C=N–C) groups is 1. The Bertz CT molecular complexity index is 2040. The Balaban J connectivity index is 1.06. The minimum absolute atomic E-state index is 0.0474. The van der Waals surface area contributed by atoms with E-state index in [0.717, 1.165) is 4.90 Å². The van der Waals surface area contributed by atoms with Gasteiger partial charge in [-0.1, -0.05) is 6.92 Å². The first-order valence-electron chi connectivity index (χ1n) is 18.4. The Labute approximate surface area is 335 Å². The van der Waals surface area contributed by atoms with Gasteiger partial charge in [-0.15, -0.1) is 11.8 Å². The maximum atomic E-state index is 14.2. The van der Waals surface area contributed by atoms with Crippen molar-refractivity contribution in [3.8, 4) is 0 Å². The Morgan fingerprint density at radius 1 is 0.931 bits per heavy atom. The van der Waals surface area contributed by atoms with Crippen LogP contribution in [0.15, 0.2) is 64.8 Å². The average molecular weight is 824 g/mol. The fourth-order valence-electron chi connectivity index (χ4n) is 7.73. The summed E-state index contributed by atoms with van der Waals surface area (Å²) in [6, 6.07) is 10.3. The molecule has 2 aromatic rings. The lowest BCUT2D eigenvalue weighted by molar-refractivity contribution is -0.385. The highest BCUT2D eigenvalue weighted by Crippen LogP contribution is 2.57. The predicted molar refractivity (Wildman–Crippen MR) is 204 cm³/mol. The number of amides is 4. The van der Waals surface area contributed by atoms with Crippen LogP contribution < -0.4 is 0 Å². The lowest BCUT2D eigenvalue weighted by atomic mass is 9.76. The topological polar surface area (TPSA) is 256 Å². The third kappa shape index (κ3) is 8.30. The van der Waals surface area contributed by atoms with Crippen LogP contribution in [-0.4, -0.2) is 137 Å². The van der Waals surface area contributed by atoms with Gasteiger partial charge in [0.1, 0.15) is 23.7 Å². The zero-order valence-corrected chi connectivity index (χ0v) is 32.3. The van der Waals surface area contributed by atoms with Crippen molar-refractivity contribution in [1.82, 2.24) is 19.6 Å². The highest BCUT2D eigenvalue weighted by atomic mass is 32.2. The van der Waals surface area contributed by atoms with E-state index in [1.165, 1.54) is 83.4 Å². The molecule has 0 aliphatic carbocycles. The largest absolute Gasteiger partial charge is 0.477 e. The molecular weight excluding hydrogens is 783 g/mol. The van der Waals surface area contributed by atoms with E-state index in [1.54, 1.807) is 11.8 Å². The lowest BCUT2D eigenvalue weighted by Crippen LogP contribution is -2.76. The molecule has 6 rings (SSSR count). The van der Waals surface area contributed by atoms with Crippen molar-refractivity contribution in [2.45, 2.75) is 62.0 Å². The van der Waals surface area contributed by atoms with Gasteiger partial charge in [-0.25, -0.2) is 14.4 Å². The van der Waals surface area contributed by atoms with Crippen molar-refractivity contribution in [3.05, 3.63) is 91.2 Å². The molecule has 0 aromatic heterocycles. The van der Waals surface area contributed by atoms with Crippen LogP contribution >= 0.6 is 11.8 Å². The van der Waals surface area contributed by atoms with Crippen LogP contribution in [0.4, 0.5) is 21.0 Å². The maximum absolute atomic E-state index is 14.2. The van der Waals surface area contributed by atoms with Gasteiger partial charge in [0.15, 0.2) is 0 Å². The van der Waals surface area contributed by atoms with Crippen LogP contribution in [0.3, 0.4) is 0 Å². The van der Waals surface area contributed by atoms with Crippen LogP contribution in [0, 0.1) is 26.1 Å². The number of fused-ring (bicyclic) bond motifs is 1. The molecule has 5 atom stereocenters. The van der Waals surface area contributed by atoms with Crippen molar-refractivity contribution in [2.24, 2.45) is 10.9 Å². The molecule has 3 unspecified atom stereocenters. The van der Waals surface area contributed by atoms with Crippen LogP contribution in [0.5, 0.6) is 0 Å². The maximum Gasteiger partial charge on any atom is 0.435 e. The molecule has 3 fully saturated rings. The number of carboxylic acids is 1. The number of nitro benzene ring substituents is 2. The molecule has 58 heavy (non-hydrogen) atoms. The van der Waals surface area contributed by atoms with Gasteiger partial charge in [0.2, 0.25) is 5.91 Å². The minimum Gasteiger partial charge on any atom is -0.477 e. The molecule has 4 heterocycles. The first-order valence-corrected chi connectivity index (χ1v) is 19.3. The summed E-state index contributed by atoms with van der Waals surface area (Å²) in [5.74, 6) is -3.41. The van der Waals surface area contributed by atoms with Crippen molar-refractivity contribution in [3.63, 3.8) is 0 Å². The number of aliphatic hydroxyl groups is 1. The van der Waals surface area contributed by atoms with E-state index in [9.17, 15) is 54.4 Å². The van der Waals surface area contributed by atoms with Crippen LogP contribution in [0.2, 0.25) is 0 Å². The number of nitrogens with zero attached hydrogens (tertiary/aromatic N) is 7. The Kier molecular flexibility index (Phi) is 12.3. The van der Waals surface area contributed by atoms with Gasteiger partial charge in [-0.2, -0.15) is 4.99 Å². The number of benzene rings is 2. The number of hydrogen-bond acceptors (Lipinski definition) is 13. The Morgan fingerprint density at radius 2 is 1.53 bits per heavy atom. The first-order chi connectivity index (χ1) is 27.6. The van der Waals surface area contributed by atoms with E-state index in [4.69, 9.17) is 9.47 Å². The number of carbonyl (C=O) groups excluding carboxylic acids is 4. The standard InChI is InChI=1S/C37H41N7O13S/c1-22-29(32(46)40-14-3-13-39(16-17-40)21-38-35(50)56-19-24-4-8-26(9-5-24)43(52)53)30(33(47)48)42-31(22)37(23(2)45,34(42)49)58-28-12-15-41(18-28)36(51)57-20-25-6-10-27(11-7-25)44(54)55/h4-11,21-23,28,31,45H,3,12-20H2,1-2H3,(H,47,48)/t22-,23?,28?,31+,37?/m1/s1. The normalized spacial score (nSPS) is 23.6. The average Bonchev–Trinajstić information content (AvgIpc) is 3.69. The number of likely N-dealkylation sites (tertiary alicyclic amines) is 1. The highest BCUT2D eigenvalue weighted by Gasteiger charge is 2.71. The van der Waals surface area contributed by atoms with Crippen molar-refractivity contribution >= 4 is 59.4 Å². The second kappa shape index (κ2) is 17.2. The summed E-state index contributed by atoms with van der Waals surface area (Å²) in [4.78, 5) is 96.4. The molecule has 3 saturated heterocycles. The lowest BCUT2D eigenvalue weighted by Gasteiger charge is -2.56. The molecule has 0 bridgehead atoms. The molecule has 4 aliphatic heterocycles. The molecule has 0 spiro atoms. The van der Waals surface area contributed by atoms with E-state index in [0.29, 0.717) is 37.1 Å². The molecule has 2 N–H and O–H groups in total. The molecule has 2 aromatic carbocycles.